The first kappa shape index (κ1) is 43.5. The quantitative estimate of drug-likeness (QED) is 0.0214. The maximum absolute atomic E-state index is 12.4. The zero-order valence-electron chi connectivity index (χ0n) is 29.9. The van der Waals surface area contributed by atoms with Crippen LogP contribution >= 0.6 is 0 Å². The van der Waals surface area contributed by atoms with Gasteiger partial charge in [-0.05, 0) is 71.0 Å². The lowest BCUT2D eigenvalue weighted by Crippen LogP contribution is -2.41. The highest BCUT2D eigenvalue weighted by Gasteiger charge is 2.15. The fourth-order valence-electron chi connectivity index (χ4n) is 5.54. The third kappa shape index (κ3) is 24.7. The molecule has 0 aliphatic rings. The molecular weight excluding hydrogens is 582 g/mol. The van der Waals surface area contributed by atoms with Crippen LogP contribution in [-0.4, -0.2) is 75.7 Å². The van der Waals surface area contributed by atoms with Gasteiger partial charge < -0.3 is 25.1 Å². The SMILES string of the molecule is CCCCCCCCC(CC)OC(=O)CCCCCCCN(CCCCCCCC=O)CCCN/C(C(=O)NNC)=C(/C=O)NC. The Morgan fingerprint density at radius 3 is 1.91 bits per heavy atom. The summed E-state index contributed by atoms with van der Waals surface area (Å²) in [6.07, 6.45) is 23.9. The van der Waals surface area contributed by atoms with E-state index in [0.717, 1.165) is 116 Å². The number of aldehydes is 2. The molecule has 0 saturated carbocycles. The predicted octanol–water partition coefficient (Wildman–Crippen LogP) is 6.10. The molecule has 0 aromatic rings. The fraction of sp³-hybridized carbons (Fsp3) is 0.833. The van der Waals surface area contributed by atoms with E-state index in [0.29, 0.717) is 25.7 Å². The van der Waals surface area contributed by atoms with Crippen molar-refractivity contribution < 1.29 is 23.9 Å². The van der Waals surface area contributed by atoms with Gasteiger partial charge in [0.2, 0.25) is 0 Å². The van der Waals surface area contributed by atoms with Crippen LogP contribution in [-0.2, 0) is 23.9 Å². The number of allylic oxidation sites excluding steroid dienone is 1. The van der Waals surface area contributed by atoms with E-state index in [9.17, 15) is 19.2 Å². The third-order valence-corrected chi connectivity index (χ3v) is 8.36. The van der Waals surface area contributed by atoms with E-state index in [-0.39, 0.29) is 23.5 Å². The number of nitrogens with one attached hydrogen (secondary N) is 4. The Morgan fingerprint density at radius 2 is 1.33 bits per heavy atom. The fourth-order valence-corrected chi connectivity index (χ4v) is 5.54. The summed E-state index contributed by atoms with van der Waals surface area (Å²) in [7, 11) is 3.22. The molecule has 1 unspecified atom stereocenters. The number of hydrazine groups is 1. The van der Waals surface area contributed by atoms with E-state index >= 15 is 0 Å². The molecule has 46 heavy (non-hydrogen) atoms. The molecule has 0 aliphatic carbocycles. The average molecular weight is 652 g/mol. The van der Waals surface area contributed by atoms with Gasteiger partial charge in [-0.15, -0.1) is 0 Å². The van der Waals surface area contributed by atoms with Gasteiger partial charge in [-0.1, -0.05) is 84.5 Å². The number of ether oxygens (including phenoxy) is 1. The van der Waals surface area contributed by atoms with Gasteiger partial charge in [0.25, 0.3) is 5.91 Å². The van der Waals surface area contributed by atoms with Gasteiger partial charge in [0.15, 0.2) is 6.29 Å². The minimum absolute atomic E-state index is 0.0415. The molecule has 1 atom stereocenters. The summed E-state index contributed by atoms with van der Waals surface area (Å²) in [6, 6.07) is 0. The highest BCUT2D eigenvalue weighted by molar-refractivity contribution is 5.97. The van der Waals surface area contributed by atoms with Crippen molar-refractivity contribution in [3.8, 4) is 0 Å². The molecule has 0 radical (unpaired) electrons. The molecular formula is C36H69N5O5. The molecule has 0 spiro atoms. The molecule has 0 saturated heterocycles. The maximum Gasteiger partial charge on any atom is 0.306 e. The molecule has 10 nitrogen and oxygen atoms in total. The highest BCUT2D eigenvalue weighted by Crippen LogP contribution is 2.15. The second-order valence-corrected chi connectivity index (χ2v) is 12.3. The molecule has 0 heterocycles. The highest BCUT2D eigenvalue weighted by atomic mass is 16.5. The number of esters is 1. The lowest BCUT2D eigenvalue weighted by atomic mass is 10.1. The van der Waals surface area contributed by atoms with Gasteiger partial charge in [0, 0.05) is 33.5 Å². The van der Waals surface area contributed by atoms with Crippen LogP contribution in [0, 0.1) is 0 Å². The van der Waals surface area contributed by atoms with E-state index < -0.39 is 5.91 Å². The first-order chi connectivity index (χ1) is 22.5. The van der Waals surface area contributed by atoms with E-state index in [1.807, 2.05) is 0 Å². The molecule has 0 bridgehead atoms. The normalized spacial score (nSPS) is 12.4. The van der Waals surface area contributed by atoms with Crippen molar-refractivity contribution in [1.29, 1.82) is 0 Å². The maximum atomic E-state index is 12.4. The second-order valence-electron chi connectivity index (χ2n) is 12.3. The number of unbranched alkanes of at least 4 members (excludes halogenated alkanes) is 14. The van der Waals surface area contributed by atoms with E-state index in [1.165, 1.54) is 32.1 Å². The number of carbonyl (C=O) groups is 4. The topological polar surface area (TPSA) is 129 Å². The lowest BCUT2D eigenvalue weighted by Gasteiger charge is -2.23. The molecule has 0 aliphatic heterocycles. The summed E-state index contributed by atoms with van der Waals surface area (Å²) >= 11 is 0. The van der Waals surface area contributed by atoms with Crippen LogP contribution in [0.4, 0.5) is 0 Å². The molecule has 0 fully saturated rings. The summed E-state index contributed by atoms with van der Waals surface area (Å²) in [5.41, 5.74) is 5.56. The molecule has 0 aromatic heterocycles. The Hall–Kier alpha value is -2.46. The summed E-state index contributed by atoms with van der Waals surface area (Å²) < 4.78 is 5.76. The van der Waals surface area contributed by atoms with Crippen LogP contribution in [0.1, 0.15) is 149 Å². The van der Waals surface area contributed by atoms with Crippen LogP contribution < -0.4 is 21.5 Å². The standard InChI is InChI=1S/C36H69N5O5/c1-5-7-8-9-13-18-24-32(6-2)46-34(44)25-19-14-12-16-21-28-41(27-20-15-10-11-17-22-30-42)29-23-26-39-35(33(31-43)37-3)36(45)40-38-4/h30-32,37-39H,5-29H2,1-4H3,(H,40,45)/b35-33-. The molecule has 1 amide bonds. The minimum atomic E-state index is -0.392. The predicted molar refractivity (Wildman–Crippen MR) is 188 cm³/mol. The van der Waals surface area contributed by atoms with E-state index in [4.69, 9.17) is 4.74 Å². The Labute approximate surface area is 281 Å². The van der Waals surface area contributed by atoms with Crippen LogP contribution in [0.15, 0.2) is 11.4 Å². The van der Waals surface area contributed by atoms with Gasteiger partial charge >= 0.3 is 5.97 Å². The average Bonchev–Trinajstić information content (AvgIpc) is 3.05. The minimum Gasteiger partial charge on any atom is -0.462 e. The Balaban J connectivity index is 4.49. The van der Waals surface area contributed by atoms with Crippen molar-refractivity contribution >= 4 is 24.4 Å². The van der Waals surface area contributed by atoms with Crippen molar-refractivity contribution in [2.24, 2.45) is 0 Å². The number of hydrogen-bond acceptors (Lipinski definition) is 9. The van der Waals surface area contributed by atoms with Crippen LogP contribution in [0.2, 0.25) is 0 Å². The number of rotatable bonds is 34. The van der Waals surface area contributed by atoms with Crippen LogP contribution in [0.25, 0.3) is 0 Å². The van der Waals surface area contributed by atoms with Crippen molar-refractivity contribution in [1.82, 2.24) is 26.4 Å². The molecule has 0 aromatic carbocycles. The number of amides is 1. The Bertz CT molecular complexity index is 808. The van der Waals surface area contributed by atoms with Crippen LogP contribution in [0.5, 0.6) is 0 Å². The summed E-state index contributed by atoms with van der Waals surface area (Å²) in [4.78, 5) is 49.2. The van der Waals surface area contributed by atoms with E-state index in [1.54, 1.807) is 14.1 Å². The number of nitrogens with zero attached hydrogens (tertiary/aromatic N) is 1. The zero-order valence-corrected chi connectivity index (χ0v) is 29.9. The number of likely N-dealkylation sites (N-methyl/N-ethyl adjacent to an activating group) is 1. The first-order valence-electron chi connectivity index (χ1n) is 18.4. The zero-order chi connectivity index (χ0) is 34.1. The number of carbonyl (C=O) groups excluding carboxylic acids is 4. The summed E-state index contributed by atoms with van der Waals surface area (Å²) in [5.74, 6) is -0.433. The smallest absolute Gasteiger partial charge is 0.306 e. The third-order valence-electron chi connectivity index (χ3n) is 8.36. The molecule has 0 rings (SSSR count). The van der Waals surface area contributed by atoms with Crippen molar-refractivity contribution in [3.05, 3.63) is 11.4 Å². The van der Waals surface area contributed by atoms with E-state index in [2.05, 4.69) is 40.2 Å². The molecule has 4 N–H and O–H groups in total. The van der Waals surface area contributed by atoms with Gasteiger partial charge in [0.05, 0.1) is 0 Å². The largest absolute Gasteiger partial charge is 0.462 e. The van der Waals surface area contributed by atoms with Crippen molar-refractivity contribution in [3.63, 3.8) is 0 Å². The van der Waals surface area contributed by atoms with Gasteiger partial charge in [0.1, 0.15) is 23.8 Å². The van der Waals surface area contributed by atoms with Crippen LogP contribution in [0.3, 0.4) is 0 Å². The van der Waals surface area contributed by atoms with Gasteiger partial charge in [-0.2, -0.15) is 0 Å². The van der Waals surface area contributed by atoms with Gasteiger partial charge in [-0.3, -0.25) is 19.8 Å². The summed E-state index contributed by atoms with van der Waals surface area (Å²) in [6.45, 7) is 7.85. The summed E-state index contributed by atoms with van der Waals surface area (Å²) in [5, 5.41) is 5.91. The first-order valence-corrected chi connectivity index (χ1v) is 18.4. The lowest BCUT2D eigenvalue weighted by molar-refractivity contribution is -0.149. The Kier molecular flexibility index (Phi) is 30.7. The molecule has 268 valence electrons. The van der Waals surface area contributed by atoms with Crippen molar-refractivity contribution in [2.45, 2.75) is 155 Å². The van der Waals surface area contributed by atoms with Gasteiger partial charge in [-0.25, -0.2) is 5.43 Å². The monoisotopic (exact) mass is 652 g/mol. The molecule has 10 heteroatoms. The second kappa shape index (κ2) is 32.5. The number of hydrogen-bond donors (Lipinski definition) is 4. The van der Waals surface area contributed by atoms with Crippen molar-refractivity contribution in [2.75, 3.05) is 40.3 Å². The Morgan fingerprint density at radius 1 is 0.739 bits per heavy atom.